The summed E-state index contributed by atoms with van der Waals surface area (Å²) < 4.78 is 6.55. The predicted molar refractivity (Wildman–Crippen MR) is 238 cm³/mol. The summed E-state index contributed by atoms with van der Waals surface area (Å²) in [7, 11) is 0. The van der Waals surface area contributed by atoms with Crippen LogP contribution in [0.4, 0.5) is 0 Å². The summed E-state index contributed by atoms with van der Waals surface area (Å²) in [5.41, 5.74) is 19.6. The lowest BCUT2D eigenvalue weighted by Crippen LogP contribution is -2.28. The third-order valence-corrected chi connectivity index (χ3v) is 12.0. The largest absolute Gasteiger partial charge is 0.456 e. The van der Waals surface area contributed by atoms with Crippen molar-refractivity contribution in [1.29, 1.82) is 0 Å². The maximum Gasteiger partial charge on any atom is 0.136 e. The lowest BCUT2D eigenvalue weighted by molar-refractivity contribution is 0.668. The highest BCUT2D eigenvalue weighted by molar-refractivity contribution is 6.15. The van der Waals surface area contributed by atoms with Crippen LogP contribution in [0.1, 0.15) is 27.8 Å². The molecule has 10 aromatic rings. The maximum atomic E-state index is 6.55. The van der Waals surface area contributed by atoms with Crippen LogP contribution in [-0.4, -0.2) is 0 Å². The highest BCUT2D eigenvalue weighted by Crippen LogP contribution is 2.59. The SMILES string of the molecule is Cc1ccc2c(c1)-c1c(ccc3oc4ccccc4c13)C2(c1cccc(-c2cccc(-c3ccccc3)c2)c1)c1cccc(-c2cccc(-c3ccccc3)c2)c1. The quantitative estimate of drug-likeness (QED) is 0.166. The lowest BCUT2D eigenvalue weighted by atomic mass is 9.67. The second-order valence-corrected chi connectivity index (χ2v) is 15.3. The Bertz CT molecular complexity index is 3000. The van der Waals surface area contributed by atoms with E-state index in [9.17, 15) is 0 Å². The molecule has 9 aromatic carbocycles. The van der Waals surface area contributed by atoms with Gasteiger partial charge >= 0.3 is 0 Å². The first-order valence-electron chi connectivity index (χ1n) is 19.7. The van der Waals surface area contributed by atoms with E-state index in [1.165, 1.54) is 88.8 Å². The summed E-state index contributed by atoms with van der Waals surface area (Å²) in [6.45, 7) is 2.20. The van der Waals surface area contributed by atoms with Gasteiger partial charge in [0.2, 0.25) is 0 Å². The van der Waals surface area contributed by atoms with Crippen molar-refractivity contribution in [3.8, 4) is 55.6 Å². The van der Waals surface area contributed by atoms with Crippen LogP contribution in [0.2, 0.25) is 0 Å². The molecular weight excluding hydrogens is 689 g/mol. The van der Waals surface area contributed by atoms with Gasteiger partial charge in [-0.05, 0) is 121 Å². The zero-order valence-corrected chi connectivity index (χ0v) is 31.6. The summed E-state index contributed by atoms with van der Waals surface area (Å²) in [5, 5.41) is 2.32. The Balaban J connectivity index is 1.19. The average Bonchev–Trinajstić information content (AvgIpc) is 3.81. The van der Waals surface area contributed by atoms with E-state index in [-0.39, 0.29) is 0 Å². The molecule has 268 valence electrons. The van der Waals surface area contributed by atoms with Crippen LogP contribution in [-0.2, 0) is 5.41 Å². The number of hydrogen-bond donors (Lipinski definition) is 0. The molecule has 1 heterocycles. The van der Waals surface area contributed by atoms with E-state index in [4.69, 9.17) is 4.42 Å². The molecule has 1 aliphatic carbocycles. The minimum atomic E-state index is -0.620. The number of furan rings is 1. The van der Waals surface area contributed by atoms with Crippen LogP contribution >= 0.6 is 0 Å². The van der Waals surface area contributed by atoms with Gasteiger partial charge in [-0.15, -0.1) is 0 Å². The van der Waals surface area contributed by atoms with Gasteiger partial charge in [0.25, 0.3) is 0 Å². The third kappa shape index (κ3) is 5.31. The van der Waals surface area contributed by atoms with Gasteiger partial charge in [-0.3, -0.25) is 0 Å². The van der Waals surface area contributed by atoms with Gasteiger partial charge < -0.3 is 4.42 Å². The van der Waals surface area contributed by atoms with Crippen molar-refractivity contribution >= 4 is 21.9 Å². The second-order valence-electron chi connectivity index (χ2n) is 15.3. The minimum Gasteiger partial charge on any atom is -0.456 e. The molecule has 1 aromatic heterocycles. The molecule has 57 heavy (non-hydrogen) atoms. The summed E-state index contributed by atoms with van der Waals surface area (Å²) in [4.78, 5) is 0. The fraction of sp³-hybridized carbons (Fsp3) is 0.0357. The first kappa shape index (κ1) is 33.1. The molecule has 0 N–H and O–H groups in total. The lowest BCUT2D eigenvalue weighted by Gasteiger charge is -2.34. The van der Waals surface area contributed by atoms with Crippen LogP contribution < -0.4 is 0 Å². The van der Waals surface area contributed by atoms with Crippen molar-refractivity contribution in [2.45, 2.75) is 12.3 Å². The number of benzene rings is 9. The Morgan fingerprint density at radius 2 is 0.825 bits per heavy atom. The smallest absolute Gasteiger partial charge is 0.136 e. The Labute approximate surface area is 333 Å². The number of aryl methyl sites for hydroxylation is 1. The van der Waals surface area contributed by atoms with E-state index in [1.807, 2.05) is 0 Å². The Hall–Kier alpha value is -7.22. The average molecular weight is 727 g/mol. The topological polar surface area (TPSA) is 13.1 Å². The molecule has 0 saturated carbocycles. The van der Waals surface area contributed by atoms with Crippen molar-refractivity contribution < 1.29 is 4.42 Å². The van der Waals surface area contributed by atoms with Crippen molar-refractivity contribution in [2.24, 2.45) is 0 Å². The van der Waals surface area contributed by atoms with E-state index in [1.54, 1.807) is 0 Å². The zero-order chi connectivity index (χ0) is 37.9. The molecule has 1 nitrogen and oxygen atoms in total. The van der Waals surface area contributed by atoms with E-state index >= 15 is 0 Å². The fourth-order valence-electron chi connectivity index (χ4n) is 9.42. The van der Waals surface area contributed by atoms with Crippen molar-refractivity contribution in [3.63, 3.8) is 0 Å². The Kier molecular flexibility index (Phi) is 7.69. The molecule has 0 radical (unpaired) electrons. The molecule has 0 unspecified atom stereocenters. The fourth-order valence-corrected chi connectivity index (χ4v) is 9.42. The predicted octanol–water partition coefficient (Wildman–Crippen LogP) is 14.9. The highest BCUT2D eigenvalue weighted by Gasteiger charge is 2.47. The van der Waals surface area contributed by atoms with E-state index in [2.05, 4.69) is 219 Å². The summed E-state index contributed by atoms with van der Waals surface area (Å²) >= 11 is 0. The summed E-state index contributed by atoms with van der Waals surface area (Å²) in [6, 6.07) is 77.8. The number of rotatable bonds is 6. The molecular formula is C56H38O. The van der Waals surface area contributed by atoms with Crippen LogP contribution in [0.5, 0.6) is 0 Å². The van der Waals surface area contributed by atoms with Crippen molar-refractivity contribution in [3.05, 3.63) is 240 Å². The molecule has 1 heteroatoms. The Morgan fingerprint density at radius 3 is 1.42 bits per heavy atom. The van der Waals surface area contributed by atoms with Crippen LogP contribution in [0.3, 0.4) is 0 Å². The number of fused-ring (bicyclic) bond motifs is 7. The molecule has 0 saturated heterocycles. The molecule has 0 amide bonds. The number of para-hydroxylation sites is 1. The monoisotopic (exact) mass is 726 g/mol. The summed E-state index contributed by atoms with van der Waals surface area (Å²) in [5.74, 6) is 0. The molecule has 0 fully saturated rings. The zero-order valence-electron chi connectivity index (χ0n) is 31.6. The van der Waals surface area contributed by atoms with E-state index < -0.39 is 5.41 Å². The molecule has 11 rings (SSSR count). The van der Waals surface area contributed by atoms with Crippen LogP contribution in [0, 0.1) is 6.92 Å². The van der Waals surface area contributed by atoms with Gasteiger partial charge in [-0.1, -0.05) is 181 Å². The van der Waals surface area contributed by atoms with Crippen LogP contribution in [0.25, 0.3) is 77.6 Å². The van der Waals surface area contributed by atoms with Gasteiger partial charge in [0.05, 0.1) is 5.41 Å². The standard InChI is InChI=1S/C56H38O/c1-37-28-29-50-49(32-37)54-51(30-31-53-55(54)48-26-8-9-27-52(48)57-53)56(50,46-24-12-22-44(35-46)42-20-10-18-40(33-42)38-14-4-2-5-15-38)47-25-13-23-45(36-47)43-21-11-19-41(34-43)39-16-6-3-7-17-39/h2-36H,1H3. The number of hydrogen-bond acceptors (Lipinski definition) is 1. The normalized spacial score (nSPS) is 12.8. The first-order chi connectivity index (χ1) is 28.1. The van der Waals surface area contributed by atoms with Crippen molar-refractivity contribution in [1.82, 2.24) is 0 Å². The maximum absolute atomic E-state index is 6.55. The van der Waals surface area contributed by atoms with Gasteiger partial charge in [0.15, 0.2) is 0 Å². The van der Waals surface area contributed by atoms with E-state index in [0.717, 1.165) is 16.6 Å². The van der Waals surface area contributed by atoms with Gasteiger partial charge in [-0.2, -0.15) is 0 Å². The molecule has 1 aliphatic rings. The van der Waals surface area contributed by atoms with E-state index in [0.29, 0.717) is 0 Å². The molecule has 0 atom stereocenters. The van der Waals surface area contributed by atoms with Gasteiger partial charge in [-0.25, -0.2) is 0 Å². The second kappa shape index (κ2) is 13.2. The molecule has 0 bridgehead atoms. The highest BCUT2D eigenvalue weighted by atomic mass is 16.3. The van der Waals surface area contributed by atoms with Gasteiger partial charge in [0, 0.05) is 10.8 Å². The third-order valence-electron chi connectivity index (χ3n) is 12.0. The molecule has 0 aliphatic heterocycles. The first-order valence-corrected chi connectivity index (χ1v) is 19.7. The van der Waals surface area contributed by atoms with Crippen LogP contribution in [0.15, 0.2) is 217 Å². The minimum absolute atomic E-state index is 0.620. The Morgan fingerprint density at radius 1 is 0.351 bits per heavy atom. The molecule has 0 spiro atoms. The van der Waals surface area contributed by atoms with Gasteiger partial charge in [0.1, 0.15) is 11.2 Å². The van der Waals surface area contributed by atoms with Crippen molar-refractivity contribution in [2.75, 3.05) is 0 Å². The summed E-state index contributed by atoms with van der Waals surface area (Å²) in [6.07, 6.45) is 0.